The number of nitrogens with one attached hydrogen (secondary N) is 1. The van der Waals surface area contributed by atoms with E-state index in [0.717, 1.165) is 0 Å². The second-order valence-electron chi connectivity index (χ2n) is 4.02. The molecule has 1 amide bonds. The normalized spacial score (nSPS) is 13.0. The molecule has 1 aromatic rings. The van der Waals surface area contributed by atoms with Crippen molar-refractivity contribution in [2.24, 2.45) is 0 Å². The van der Waals surface area contributed by atoms with E-state index in [-0.39, 0.29) is 12.7 Å². The second kappa shape index (κ2) is 6.72. The van der Waals surface area contributed by atoms with Crippen LogP contribution < -0.4 is 5.32 Å². The van der Waals surface area contributed by atoms with E-state index in [1.54, 1.807) is 0 Å². The number of halogens is 4. The summed E-state index contributed by atoms with van der Waals surface area (Å²) in [4.78, 5) is 11.7. The summed E-state index contributed by atoms with van der Waals surface area (Å²) in [5.74, 6) is -3.32. The lowest BCUT2D eigenvalue weighted by molar-refractivity contribution is -0.140. The SMILES string of the molecule is COCC(OC)C(=O)Nc1cc(F)c(C(F)(F)F)cc1O. The summed E-state index contributed by atoms with van der Waals surface area (Å²) in [5, 5.41) is 11.5. The smallest absolute Gasteiger partial charge is 0.419 e. The van der Waals surface area contributed by atoms with Crippen LogP contribution in [0.4, 0.5) is 23.2 Å². The number of phenols is 1. The third-order valence-corrected chi connectivity index (χ3v) is 2.54. The summed E-state index contributed by atoms with van der Waals surface area (Å²) in [7, 11) is 2.53. The highest BCUT2D eigenvalue weighted by atomic mass is 19.4. The number of rotatable bonds is 5. The van der Waals surface area contributed by atoms with Gasteiger partial charge in [0.15, 0.2) is 6.10 Å². The van der Waals surface area contributed by atoms with Crippen molar-refractivity contribution in [3.05, 3.63) is 23.5 Å². The van der Waals surface area contributed by atoms with Crippen LogP contribution in [0, 0.1) is 5.82 Å². The van der Waals surface area contributed by atoms with Crippen molar-refractivity contribution < 1.29 is 36.9 Å². The van der Waals surface area contributed by atoms with Crippen molar-refractivity contribution in [3.63, 3.8) is 0 Å². The molecule has 0 aliphatic heterocycles. The highest BCUT2D eigenvalue weighted by Gasteiger charge is 2.35. The first-order valence-corrected chi connectivity index (χ1v) is 5.63. The number of aromatic hydroxyl groups is 1. The third-order valence-electron chi connectivity index (χ3n) is 2.54. The van der Waals surface area contributed by atoms with Gasteiger partial charge in [0.05, 0.1) is 17.9 Å². The van der Waals surface area contributed by atoms with Crippen LogP contribution in [0.15, 0.2) is 12.1 Å². The predicted octanol–water partition coefficient (Wildman–Crippen LogP) is 2.15. The van der Waals surface area contributed by atoms with Gasteiger partial charge in [-0.3, -0.25) is 4.79 Å². The van der Waals surface area contributed by atoms with Crippen molar-refractivity contribution in [2.45, 2.75) is 12.3 Å². The maximum absolute atomic E-state index is 13.4. The molecule has 0 saturated heterocycles. The molecule has 21 heavy (non-hydrogen) atoms. The number of amides is 1. The Kier molecular flexibility index (Phi) is 5.50. The maximum atomic E-state index is 13.4. The quantitative estimate of drug-likeness (QED) is 0.646. The van der Waals surface area contributed by atoms with Crippen LogP contribution in [0.3, 0.4) is 0 Å². The second-order valence-corrected chi connectivity index (χ2v) is 4.02. The fourth-order valence-corrected chi connectivity index (χ4v) is 1.49. The van der Waals surface area contributed by atoms with Gasteiger partial charge in [-0.2, -0.15) is 13.2 Å². The fourth-order valence-electron chi connectivity index (χ4n) is 1.49. The molecule has 1 atom stereocenters. The van der Waals surface area contributed by atoms with Crippen LogP contribution >= 0.6 is 0 Å². The highest BCUT2D eigenvalue weighted by molar-refractivity contribution is 5.95. The monoisotopic (exact) mass is 311 g/mol. The molecule has 1 rings (SSSR count). The summed E-state index contributed by atoms with van der Waals surface area (Å²) in [6.45, 7) is -0.119. The minimum atomic E-state index is -4.95. The lowest BCUT2D eigenvalue weighted by Crippen LogP contribution is -2.33. The van der Waals surface area contributed by atoms with Gasteiger partial charge in [0.2, 0.25) is 0 Å². The van der Waals surface area contributed by atoms with Crippen molar-refractivity contribution in [2.75, 3.05) is 26.1 Å². The molecule has 5 nitrogen and oxygen atoms in total. The van der Waals surface area contributed by atoms with Crippen LogP contribution in [0.25, 0.3) is 0 Å². The summed E-state index contributed by atoms with van der Waals surface area (Å²) >= 11 is 0. The van der Waals surface area contributed by atoms with E-state index < -0.39 is 41.0 Å². The Balaban J connectivity index is 3.00. The Morgan fingerprint density at radius 1 is 1.38 bits per heavy atom. The first-order valence-electron chi connectivity index (χ1n) is 5.63. The van der Waals surface area contributed by atoms with Gasteiger partial charge in [0.25, 0.3) is 5.91 Å². The van der Waals surface area contributed by atoms with Crippen LogP contribution in [0.2, 0.25) is 0 Å². The first kappa shape index (κ1) is 17.2. The molecule has 1 aromatic carbocycles. The highest BCUT2D eigenvalue weighted by Crippen LogP contribution is 2.36. The summed E-state index contributed by atoms with van der Waals surface area (Å²) in [5.41, 5.74) is -2.12. The number of carbonyl (C=O) groups is 1. The molecular weight excluding hydrogens is 298 g/mol. The molecule has 0 fully saturated rings. The predicted molar refractivity (Wildman–Crippen MR) is 64.4 cm³/mol. The van der Waals surface area contributed by atoms with Crippen LogP contribution in [0.5, 0.6) is 5.75 Å². The summed E-state index contributed by atoms with van der Waals surface area (Å²) < 4.78 is 60.1. The average Bonchev–Trinajstić information content (AvgIpc) is 2.38. The van der Waals surface area contributed by atoms with Crippen LogP contribution in [-0.2, 0) is 20.4 Å². The number of anilines is 1. The van der Waals surface area contributed by atoms with Crippen molar-refractivity contribution in [3.8, 4) is 5.75 Å². The molecule has 0 heterocycles. The molecule has 0 aliphatic carbocycles. The maximum Gasteiger partial charge on any atom is 0.419 e. The van der Waals surface area contributed by atoms with E-state index in [2.05, 4.69) is 5.32 Å². The fraction of sp³-hybridized carbons (Fsp3) is 0.417. The van der Waals surface area contributed by atoms with Gasteiger partial charge in [-0.1, -0.05) is 0 Å². The van der Waals surface area contributed by atoms with Gasteiger partial charge >= 0.3 is 6.18 Å². The lowest BCUT2D eigenvalue weighted by atomic mass is 10.1. The van der Waals surface area contributed by atoms with Gasteiger partial charge < -0.3 is 19.9 Å². The van der Waals surface area contributed by atoms with Crippen molar-refractivity contribution >= 4 is 11.6 Å². The standard InChI is InChI=1S/C12H13F4NO4/c1-20-5-10(21-2)11(19)17-8-4-7(13)6(3-9(8)18)12(14,15)16/h3-4,10,18H,5H2,1-2H3,(H,17,19). The zero-order valence-corrected chi connectivity index (χ0v) is 11.1. The molecular formula is C12H13F4NO4. The molecule has 0 saturated carbocycles. The van der Waals surface area contributed by atoms with E-state index in [1.807, 2.05) is 0 Å². The number of hydrogen-bond acceptors (Lipinski definition) is 4. The van der Waals surface area contributed by atoms with Crippen LogP contribution in [0.1, 0.15) is 5.56 Å². The van der Waals surface area contributed by atoms with Crippen molar-refractivity contribution in [1.82, 2.24) is 0 Å². The van der Waals surface area contributed by atoms with Gasteiger partial charge in [-0.05, 0) is 6.07 Å². The topological polar surface area (TPSA) is 67.8 Å². The zero-order chi connectivity index (χ0) is 16.2. The molecule has 0 aromatic heterocycles. The molecule has 2 N–H and O–H groups in total. The van der Waals surface area contributed by atoms with Gasteiger partial charge in [-0.25, -0.2) is 4.39 Å². The van der Waals surface area contributed by atoms with Gasteiger partial charge in [0, 0.05) is 20.3 Å². The van der Waals surface area contributed by atoms with Crippen molar-refractivity contribution in [1.29, 1.82) is 0 Å². The molecule has 0 radical (unpaired) electrons. The Labute approximate surface area is 117 Å². The largest absolute Gasteiger partial charge is 0.506 e. The number of hydrogen-bond donors (Lipinski definition) is 2. The third kappa shape index (κ3) is 4.30. The van der Waals surface area contributed by atoms with E-state index >= 15 is 0 Å². The van der Waals surface area contributed by atoms with Gasteiger partial charge in [0.1, 0.15) is 11.6 Å². The Morgan fingerprint density at radius 2 is 2.00 bits per heavy atom. The number of benzene rings is 1. The number of methoxy groups -OCH3 is 2. The number of alkyl halides is 3. The van der Waals surface area contributed by atoms with Gasteiger partial charge in [-0.15, -0.1) is 0 Å². The molecule has 0 aliphatic rings. The summed E-state index contributed by atoms with van der Waals surface area (Å²) in [6, 6.07) is 0.582. The van der Waals surface area contributed by atoms with E-state index in [4.69, 9.17) is 9.47 Å². The van der Waals surface area contributed by atoms with E-state index in [1.165, 1.54) is 14.2 Å². The Hall–Kier alpha value is -1.87. The molecule has 1 unspecified atom stereocenters. The molecule has 118 valence electrons. The Bertz CT molecular complexity index is 519. The lowest BCUT2D eigenvalue weighted by Gasteiger charge is -2.16. The van der Waals surface area contributed by atoms with Crippen LogP contribution in [-0.4, -0.2) is 37.9 Å². The summed E-state index contributed by atoms with van der Waals surface area (Å²) in [6.07, 6.45) is -6.00. The van der Waals surface area contributed by atoms with E-state index in [0.29, 0.717) is 6.07 Å². The molecule has 9 heteroatoms. The number of phenolic OH excluding ortho intramolecular Hbond substituents is 1. The first-order chi connectivity index (χ1) is 9.70. The average molecular weight is 311 g/mol. The number of carbonyl (C=O) groups excluding carboxylic acids is 1. The molecule has 0 spiro atoms. The zero-order valence-electron chi connectivity index (χ0n) is 11.1. The minimum Gasteiger partial charge on any atom is -0.506 e. The minimum absolute atomic E-state index is 0.119. The molecule has 0 bridgehead atoms. The Morgan fingerprint density at radius 3 is 2.48 bits per heavy atom. The van der Waals surface area contributed by atoms with E-state index in [9.17, 15) is 27.5 Å². The number of ether oxygens (including phenoxy) is 2.